The summed E-state index contributed by atoms with van der Waals surface area (Å²) in [5, 5.41) is 0. The molecule has 0 unspecified atom stereocenters. The van der Waals surface area contributed by atoms with Crippen molar-refractivity contribution >= 4 is 23.2 Å². The summed E-state index contributed by atoms with van der Waals surface area (Å²) >= 11 is 0. The molecule has 8 heteroatoms. The first-order valence-electron chi connectivity index (χ1n) is 7.32. The van der Waals surface area contributed by atoms with Crippen LogP contribution in [-0.2, 0) is 0 Å². The monoisotopic (exact) mass is 316 g/mol. The van der Waals surface area contributed by atoms with E-state index in [-0.39, 0.29) is 0 Å². The Morgan fingerprint density at radius 1 is 1.17 bits per heavy atom. The Labute approximate surface area is 132 Å². The van der Waals surface area contributed by atoms with Gasteiger partial charge in [-0.1, -0.05) is 0 Å². The van der Waals surface area contributed by atoms with Crippen LogP contribution in [0.15, 0.2) is 30.6 Å². The highest BCUT2D eigenvalue weighted by Crippen LogP contribution is 2.28. The summed E-state index contributed by atoms with van der Waals surface area (Å²) in [6.07, 6.45) is 3.61. The molecular weight excluding hydrogens is 299 g/mol. The minimum Gasteiger partial charge on any atom is -0.393 e. The number of benzene rings is 1. The first kappa shape index (κ1) is 15.0. The number of nitrogen functional groups attached to an aromatic ring is 1. The quantitative estimate of drug-likeness (QED) is 0.741. The molecule has 1 aliphatic rings. The molecule has 0 atom stereocenters. The van der Waals surface area contributed by atoms with Crippen molar-refractivity contribution in [3.8, 4) is 0 Å². The molecule has 1 aliphatic heterocycles. The first-order chi connectivity index (χ1) is 11.1. The van der Waals surface area contributed by atoms with E-state index in [4.69, 9.17) is 5.73 Å². The predicted molar refractivity (Wildman–Crippen MR) is 85.4 cm³/mol. The molecule has 4 N–H and O–H groups in total. The Morgan fingerprint density at radius 2 is 1.87 bits per heavy atom. The number of nitrogens with two attached hydrogens (primary N) is 1. The lowest BCUT2D eigenvalue weighted by atomic mass is 10.2. The molecule has 2 aromatic rings. The number of hydrogen-bond acceptors (Lipinski definition) is 6. The molecule has 23 heavy (non-hydrogen) atoms. The van der Waals surface area contributed by atoms with Crippen LogP contribution in [0.5, 0.6) is 0 Å². The van der Waals surface area contributed by atoms with E-state index in [1.165, 1.54) is 30.6 Å². The minimum atomic E-state index is -0.411. The number of carbonyl (C=O) groups excluding carboxylic acids is 1. The first-order valence-corrected chi connectivity index (χ1v) is 7.32. The van der Waals surface area contributed by atoms with Crippen LogP contribution in [-0.4, -0.2) is 29.0 Å². The van der Waals surface area contributed by atoms with E-state index in [0.29, 0.717) is 22.9 Å². The molecule has 7 nitrogen and oxygen atoms in total. The second-order valence-corrected chi connectivity index (χ2v) is 5.24. The molecule has 0 spiro atoms. The number of halogens is 1. The Hall–Kier alpha value is -2.90. The standard InChI is InChI=1S/C15H17FN6O/c16-11-5-3-10(4-6-11)15(23)21-20-13-12(17)14(19-9-18-13)22-7-1-2-8-22/h3-6,9H,1-2,7-8,17H2,(H,21,23)(H,18,19,20). The number of nitrogens with zero attached hydrogens (tertiary/aromatic N) is 3. The van der Waals surface area contributed by atoms with Gasteiger partial charge in [-0.25, -0.2) is 14.4 Å². The molecule has 1 fully saturated rings. The predicted octanol–water partition coefficient (Wildman–Crippen LogP) is 1.56. The van der Waals surface area contributed by atoms with Crippen molar-refractivity contribution in [1.82, 2.24) is 15.4 Å². The largest absolute Gasteiger partial charge is 0.393 e. The van der Waals surface area contributed by atoms with Crippen LogP contribution in [0.3, 0.4) is 0 Å². The summed E-state index contributed by atoms with van der Waals surface area (Å²) in [4.78, 5) is 22.3. The molecule has 0 bridgehead atoms. The maximum atomic E-state index is 12.9. The van der Waals surface area contributed by atoms with Gasteiger partial charge in [0, 0.05) is 18.7 Å². The molecule has 0 radical (unpaired) electrons. The maximum absolute atomic E-state index is 12.9. The fraction of sp³-hybridized carbons (Fsp3) is 0.267. The molecule has 1 saturated heterocycles. The van der Waals surface area contributed by atoms with E-state index < -0.39 is 11.7 Å². The highest BCUT2D eigenvalue weighted by atomic mass is 19.1. The van der Waals surface area contributed by atoms with E-state index in [0.717, 1.165) is 25.9 Å². The van der Waals surface area contributed by atoms with Gasteiger partial charge in [-0.15, -0.1) is 0 Å². The zero-order valence-corrected chi connectivity index (χ0v) is 12.4. The van der Waals surface area contributed by atoms with Crippen LogP contribution in [0.4, 0.5) is 21.7 Å². The van der Waals surface area contributed by atoms with E-state index in [9.17, 15) is 9.18 Å². The number of anilines is 3. The summed E-state index contributed by atoms with van der Waals surface area (Å²) in [6.45, 7) is 1.81. The van der Waals surface area contributed by atoms with Gasteiger partial charge in [-0.3, -0.25) is 15.6 Å². The fourth-order valence-corrected chi connectivity index (χ4v) is 2.46. The highest BCUT2D eigenvalue weighted by molar-refractivity contribution is 5.95. The molecule has 1 aromatic heterocycles. The van der Waals surface area contributed by atoms with Crippen molar-refractivity contribution in [3.05, 3.63) is 42.0 Å². The van der Waals surface area contributed by atoms with Gasteiger partial charge in [0.05, 0.1) is 0 Å². The summed E-state index contributed by atoms with van der Waals surface area (Å²) in [6, 6.07) is 5.23. The van der Waals surface area contributed by atoms with Crippen LogP contribution < -0.4 is 21.5 Å². The summed E-state index contributed by atoms with van der Waals surface area (Å²) < 4.78 is 12.9. The van der Waals surface area contributed by atoms with Gasteiger partial charge in [-0.2, -0.15) is 0 Å². The molecule has 0 aliphatic carbocycles. The smallest absolute Gasteiger partial charge is 0.269 e. The third-order valence-corrected chi connectivity index (χ3v) is 3.67. The van der Waals surface area contributed by atoms with Crippen molar-refractivity contribution in [2.45, 2.75) is 12.8 Å². The van der Waals surface area contributed by atoms with Crippen LogP contribution in [0, 0.1) is 5.82 Å². The van der Waals surface area contributed by atoms with E-state index in [1.54, 1.807) is 0 Å². The van der Waals surface area contributed by atoms with E-state index >= 15 is 0 Å². The van der Waals surface area contributed by atoms with Crippen molar-refractivity contribution in [2.24, 2.45) is 0 Å². The van der Waals surface area contributed by atoms with Crippen LogP contribution in [0.1, 0.15) is 23.2 Å². The zero-order chi connectivity index (χ0) is 16.2. The molecule has 2 heterocycles. The Bertz CT molecular complexity index is 700. The second kappa shape index (κ2) is 6.47. The Morgan fingerprint density at radius 3 is 2.57 bits per heavy atom. The lowest BCUT2D eigenvalue weighted by Crippen LogP contribution is -2.31. The average molecular weight is 316 g/mol. The number of amides is 1. The van der Waals surface area contributed by atoms with Gasteiger partial charge in [-0.05, 0) is 37.1 Å². The molecule has 120 valence electrons. The van der Waals surface area contributed by atoms with Gasteiger partial charge in [0.25, 0.3) is 5.91 Å². The summed E-state index contributed by atoms with van der Waals surface area (Å²) in [5.74, 6) is 0.184. The number of nitrogens with one attached hydrogen (secondary N) is 2. The SMILES string of the molecule is Nc1c(NNC(=O)c2ccc(F)cc2)ncnc1N1CCCC1. The number of rotatable bonds is 4. The Balaban J connectivity index is 1.69. The zero-order valence-electron chi connectivity index (χ0n) is 12.4. The van der Waals surface area contributed by atoms with Gasteiger partial charge in [0.15, 0.2) is 11.6 Å². The lowest BCUT2D eigenvalue weighted by molar-refractivity contribution is 0.0962. The molecule has 3 rings (SSSR count). The van der Waals surface area contributed by atoms with Crippen molar-refractivity contribution < 1.29 is 9.18 Å². The lowest BCUT2D eigenvalue weighted by Gasteiger charge is -2.19. The van der Waals surface area contributed by atoms with Crippen LogP contribution >= 0.6 is 0 Å². The van der Waals surface area contributed by atoms with Gasteiger partial charge in [0.2, 0.25) is 0 Å². The Kier molecular flexibility index (Phi) is 4.22. The second-order valence-electron chi connectivity index (χ2n) is 5.24. The van der Waals surface area contributed by atoms with Crippen molar-refractivity contribution in [1.29, 1.82) is 0 Å². The van der Waals surface area contributed by atoms with Crippen LogP contribution in [0.2, 0.25) is 0 Å². The van der Waals surface area contributed by atoms with Crippen molar-refractivity contribution in [3.63, 3.8) is 0 Å². The summed E-state index contributed by atoms with van der Waals surface area (Å²) in [5.41, 5.74) is 12.0. The topological polar surface area (TPSA) is 96.2 Å². The molecule has 0 saturated carbocycles. The summed E-state index contributed by atoms with van der Waals surface area (Å²) in [7, 11) is 0. The normalized spacial score (nSPS) is 13.9. The van der Waals surface area contributed by atoms with E-state index in [1.807, 2.05) is 0 Å². The highest BCUT2D eigenvalue weighted by Gasteiger charge is 2.18. The number of carbonyl (C=O) groups is 1. The molecular formula is C15H17FN6O. The van der Waals surface area contributed by atoms with Crippen LogP contribution in [0.25, 0.3) is 0 Å². The molecule has 1 amide bonds. The fourth-order valence-electron chi connectivity index (χ4n) is 2.46. The number of hydrogen-bond donors (Lipinski definition) is 3. The van der Waals surface area contributed by atoms with Gasteiger partial charge < -0.3 is 10.6 Å². The molecule has 1 aromatic carbocycles. The number of hydrazine groups is 1. The number of aromatic nitrogens is 2. The minimum absolute atomic E-state index is 0.325. The van der Waals surface area contributed by atoms with Gasteiger partial charge in [0.1, 0.15) is 17.8 Å². The van der Waals surface area contributed by atoms with Crippen molar-refractivity contribution in [2.75, 3.05) is 29.1 Å². The average Bonchev–Trinajstić information content (AvgIpc) is 3.08. The third-order valence-electron chi connectivity index (χ3n) is 3.67. The maximum Gasteiger partial charge on any atom is 0.269 e. The van der Waals surface area contributed by atoms with Gasteiger partial charge >= 0.3 is 0 Å². The van der Waals surface area contributed by atoms with E-state index in [2.05, 4.69) is 25.7 Å². The third kappa shape index (κ3) is 3.31.